The summed E-state index contributed by atoms with van der Waals surface area (Å²) >= 11 is 0. The lowest BCUT2D eigenvalue weighted by Crippen LogP contribution is -2.08. The minimum Gasteiger partial charge on any atom is -0.399 e. The highest BCUT2D eigenvalue weighted by Gasteiger charge is 2.33. The lowest BCUT2D eigenvalue weighted by Gasteiger charge is -2.13. The monoisotopic (exact) mass is 303 g/mol. The fourth-order valence-corrected chi connectivity index (χ4v) is 2.19. The molecule has 0 aliphatic rings. The van der Waals surface area contributed by atoms with Gasteiger partial charge in [0.05, 0.1) is 11.1 Å². The Bertz CT molecular complexity index is 811. The van der Waals surface area contributed by atoms with E-state index >= 15 is 0 Å². The minimum absolute atomic E-state index is 0.0813. The zero-order valence-electron chi connectivity index (χ0n) is 11.4. The standard InChI is InChI=1S/C16H12F3N3/c17-16(18,19)13-9-15(21-11-7-5-10(20)6-8-11)22-14-4-2-1-3-12(13)14/h1-9H,20H2,(H,21,22). The number of fused-ring (bicyclic) bond motifs is 1. The molecule has 112 valence electrons. The van der Waals surface area contributed by atoms with Crippen molar-refractivity contribution in [3.05, 3.63) is 60.2 Å². The van der Waals surface area contributed by atoms with Gasteiger partial charge in [-0.3, -0.25) is 0 Å². The molecule has 6 heteroatoms. The third-order valence-corrected chi connectivity index (χ3v) is 3.20. The number of rotatable bonds is 2. The van der Waals surface area contributed by atoms with E-state index in [1.54, 1.807) is 42.5 Å². The second kappa shape index (κ2) is 5.22. The summed E-state index contributed by atoms with van der Waals surface area (Å²) in [4.78, 5) is 4.22. The maximum absolute atomic E-state index is 13.2. The van der Waals surface area contributed by atoms with Gasteiger partial charge in [0.15, 0.2) is 0 Å². The Morgan fingerprint density at radius 1 is 0.955 bits per heavy atom. The second-order valence-corrected chi connectivity index (χ2v) is 4.82. The SMILES string of the molecule is Nc1ccc(Nc2cc(C(F)(F)F)c3ccccc3n2)cc1. The molecule has 0 saturated heterocycles. The molecule has 3 nitrogen and oxygen atoms in total. The van der Waals surface area contributed by atoms with Gasteiger partial charge < -0.3 is 11.1 Å². The zero-order valence-corrected chi connectivity index (χ0v) is 11.4. The first kappa shape index (κ1) is 14.2. The van der Waals surface area contributed by atoms with Crippen molar-refractivity contribution >= 4 is 28.1 Å². The number of nitrogens with one attached hydrogen (secondary N) is 1. The third kappa shape index (κ3) is 2.81. The molecule has 0 unspecified atom stereocenters. The molecular formula is C16H12F3N3. The van der Waals surface area contributed by atoms with Gasteiger partial charge in [0, 0.05) is 16.8 Å². The van der Waals surface area contributed by atoms with Gasteiger partial charge in [0.1, 0.15) is 5.82 Å². The number of alkyl halides is 3. The Labute approximate surface area is 124 Å². The van der Waals surface area contributed by atoms with Gasteiger partial charge in [0.25, 0.3) is 0 Å². The minimum atomic E-state index is -4.44. The van der Waals surface area contributed by atoms with Crippen LogP contribution in [0.4, 0.5) is 30.4 Å². The van der Waals surface area contributed by atoms with E-state index in [-0.39, 0.29) is 16.7 Å². The Balaban J connectivity index is 2.08. The average Bonchev–Trinajstić information content (AvgIpc) is 2.48. The van der Waals surface area contributed by atoms with Crippen LogP contribution in [0.1, 0.15) is 5.56 Å². The number of pyridine rings is 1. The van der Waals surface area contributed by atoms with Gasteiger partial charge in [-0.05, 0) is 36.4 Å². The van der Waals surface area contributed by atoms with Gasteiger partial charge in [-0.1, -0.05) is 18.2 Å². The first-order valence-electron chi connectivity index (χ1n) is 6.53. The molecule has 0 bridgehead atoms. The third-order valence-electron chi connectivity index (χ3n) is 3.20. The fraction of sp³-hybridized carbons (Fsp3) is 0.0625. The summed E-state index contributed by atoms with van der Waals surface area (Å²) in [6.45, 7) is 0. The van der Waals surface area contributed by atoms with E-state index in [0.29, 0.717) is 11.4 Å². The predicted molar refractivity (Wildman–Crippen MR) is 80.9 cm³/mol. The molecule has 0 spiro atoms. The number of nitrogen functional groups attached to an aromatic ring is 1. The van der Waals surface area contributed by atoms with E-state index in [1.165, 1.54) is 6.07 Å². The van der Waals surface area contributed by atoms with Crippen LogP contribution in [0.25, 0.3) is 10.9 Å². The summed E-state index contributed by atoms with van der Waals surface area (Å²) in [5.74, 6) is 0.135. The van der Waals surface area contributed by atoms with E-state index in [2.05, 4.69) is 10.3 Å². The maximum Gasteiger partial charge on any atom is 0.417 e. The van der Waals surface area contributed by atoms with Crippen molar-refractivity contribution < 1.29 is 13.2 Å². The molecule has 3 N–H and O–H groups in total. The first-order valence-corrected chi connectivity index (χ1v) is 6.53. The molecule has 0 atom stereocenters. The number of para-hydroxylation sites is 1. The molecule has 0 aliphatic carbocycles. The molecule has 0 radical (unpaired) electrons. The van der Waals surface area contributed by atoms with Gasteiger partial charge in [-0.25, -0.2) is 4.98 Å². The van der Waals surface area contributed by atoms with Crippen molar-refractivity contribution in [2.24, 2.45) is 0 Å². The molecular weight excluding hydrogens is 291 g/mol. The van der Waals surface area contributed by atoms with Crippen LogP contribution < -0.4 is 11.1 Å². The molecule has 3 aromatic rings. The smallest absolute Gasteiger partial charge is 0.399 e. The van der Waals surface area contributed by atoms with Crippen LogP contribution in [0.3, 0.4) is 0 Å². The topological polar surface area (TPSA) is 50.9 Å². The van der Waals surface area contributed by atoms with Crippen LogP contribution in [0.2, 0.25) is 0 Å². The number of nitrogens with zero attached hydrogens (tertiary/aromatic N) is 1. The van der Waals surface area contributed by atoms with Crippen molar-refractivity contribution in [1.29, 1.82) is 0 Å². The summed E-state index contributed by atoms with van der Waals surface area (Å²) in [5.41, 5.74) is 6.35. The van der Waals surface area contributed by atoms with Crippen LogP contribution >= 0.6 is 0 Å². The maximum atomic E-state index is 13.2. The van der Waals surface area contributed by atoms with Gasteiger partial charge >= 0.3 is 6.18 Å². The number of hydrogen-bond donors (Lipinski definition) is 2. The summed E-state index contributed by atoms with van der Waals surface area (Å²) in [7, 11) is 0. The number of hydrogen-bond acceptors (Lipinski definition) is 3. The van der Waals surface area contributed by atoms with E-state index in [9.17, 15) is 13.2 Å². The van der Waals surface area contributed by atoms with Crippen LogP contribution in [0.5, 0.6) is 0 Å². The highest BCUT2D eigenvalue weighted by molar-refractivity contribution is 5.85. The summed E-state index contributed by atoms with van der Waals surface area (Å²) in [6.07, 6.45) is -4.44. The number of anilines is 3. The second-order valence-electron chi connectivity index (χ2n) is 4.82. The van der Waals surface area contributed by atoms with Crippen molar-refractivity contribution in [1.82, 2.24) is 4.98 Å². The Kier molecular flexibility index (Phi) is 3.36. The number of nitrogens with two attached hydrogens (primary N) is 1. The van der Waals surface area contributed by atoms with Crippen LogP contribution in [-0.2, 0) is 6.18 Å². The molecule has 1 aromatic heterocycles. The quantitative estimate of drug-likeness (QED) is 0.681. The average molecular weight is 303 g/mol. The fourth-order valence-electron chi connectivity index (χ4n) is 2.19. The molecule has 1 heterocycles. The van der Waals surface area contributed by atoms with E-state index in [4.69, 9.17) is 5.73 Å². The lowest BCUT2D eigenvalue weighted by atomic mass is 10.1. The van der Waals surface area contributed by atoms with Crippen molar-refractivity contribution in [3.8, 4) is 0 Å². The number of halogens is 3. The van der Waals surface area contributed by atoms with E-state index in [0.717, 1.165) is 6.07 Å². The van der Waals surface area contributed by atoms with Crippen molar-refractivity contribution in [3.63, 3.8) is 0 Å². The van der Waals surface area contributed by atoms with Crippen LogP contribution in [0, 0.1) is 0 Å². The molecule has 0 amide bonds. The molecule has 3 rings (SSSR count). The molecule has 0 aliphatic heterocycles. The number of benzene rings is 2. The molecule has 2 aromatic carbocycles. The highest BCUT2D eigenvalue weighted by Crippen LogP contribution is 2.36. The van der Waals surface area contributed by atoms with Crippen LogP contribution in [0.15, 0.2) is 54.6 Å². The summed E-state index contributed by atoms with van der Waals surface area (Å²) < 4.78 is 39.7. The summed E-state index contributed by atoms with van der Waals surface area (Å²) in [5, 5.41) is 2.95. The Morgan fingerprint density at radius 2 is 1.64 bits per heavy atom. The van der Waals surface area contributed by atoms with E-state index < -0.39 is 11.7 Å². The molecule has 0 saturated carbocycles. The largest absolute Gasteiger partial charge is 0.417 e. The van der Waals surface area contributed by atoms with Gasteiger partial charge in [-0.2, -0.15) is 13.2 Å². The van der Waals surface area contributed by atoms with E-state index in [1.807, 2.05) is 0 Å². The van der Waals surface area contributed by atoms with Gasteiger partial charge in [-0.15, -0.1) is 0 Å². The normalized spacial score (nSPS) is 11.6. The highest BCUT2D eigenvalue weighted by atomic mass is 19.4. The molecule has 0 fully saturated rings. The first-order chi connectivity index (χ1) is 10.4. The van der Waals surface area contributed by atoms with Gasteiger partial charge in [0.2, 0.25) is 0 Å². The number of aromatic nitrogens is 1. The van der Waals surface area contributed by atoms with Crippen molar-refractivity contribution in [2.75, 3.05) is 11.1 Å². The zero-order chi connectivity index (χ0) is 15.7. The predicted octanol–water partition coefficient (Wildman–Crippen LogP) is 4.58. The van der Waals surface area contributed by atoms with Crippen LogP contribution in [-0.4, -0.2) is 4.98 Å². The Hall–Kier alpha value is -2.76. The van der Waals surface area contributed by atoms with Crippen molar-refractivity contribution in [2.45, 2.75) is 6.18 Å². The lowest BCUT2D eigenvalue weighted by molar-refractivity contribution is -0.136. The summed E-state index contributed by atoms with van der Waals surface area (Å²) in [6, 6.07) is 13.9. The molecule has 22 heavy (non-hydrogen) atoms. The Morgan fingerprint density at radius 3 is 2.32 bits per heavy atom.